The largest absolute Gasteiger partial charge is 0.493 e. The highest BCUT2D eigenvalue weighted by atomic mass is 79.9. The molecule has 0 fully saturated rings. The summed E-state index contributed by atoms with van der Waals surface area (Å²) in [6, 6.07) is 18.0. The van der Waals surface area contributed by atoms with Crippen LogP contribution in [0.4, 0.5) is 0 Å². The minimum atomic E-state index is -0.525. The molecular weight excluding hydrogens is 474 g/mol. The van der Waals surface area contributed by atoms with E-state index in [4.69, 9.17) is 13.9 Å². The van der Waals surface area contributed by atoms with E-state index < -0.39 is 5.91 Å². The molecule has 0 radical (unpaired) electrons. The molecule has 1 amide bonds. The fourth-order valence-corrected chi connectivity index (χ4v) is 3.26. The van der Waals surface area contributed by atoms with E-state index in [1.54, 1.807) is 36.4 Å². The molecule has 0 bridgehead atoms. The van der Waals surface area contributed by atoms with Gasteiger partial charge in [0.15, 0.2) is 11.5 Å². The lowest BCUT2D eigenvalue weighted by molar-refractivity contribution is -0.117. The summed E-state index contributed by atoms with van der Waals surface area (Å²) in [5.74, 6) is 0.924. The average Bonchev–Trinajstić information content (AvgIpc) is 3.34. The number of nitriles is 2. The summed E-state index contributed by atoms with van der Waals surface area (Å²) in [5.41, 5.74) is 1.77. The lowest BCUT2D eigenvalue weighted by atomic mass is 10.1. The molecule has 0 aliphatic carbocycles. The summed E-state index contributed by atoms with van der Waals surface area (Å²) in [7, 11) is 1.49. The van der Waals surface area contributed by atoms with E-state index in [9.17, 15) is 15.3 Å². The zero-order chi connectivity index (χ0) is 22.9. The predicted octanol–water partition coefficient (Wildman–Crippen LogP) is 4.72. The molecule has 0 unspecified atom stereocenters. The lowest BCUT2D eigenvalue weighted by Gasteiger charge is -2.13. The van der Waals surface area contributed by atoms with Crippen molar-refractivity contribution in [2.45, 2.75) is 13.2 Å². The molecule has 2 aromatic carbocycles. The van der Waals surface area contributed by atoms with Crippen LogP contribution in [0.2, 0.25) is 0 Å². The van der Waals surface area contributed by atoms with Crippen molar-refractivity contribution in [2.24, 2.45) is 0 Å². The van der Waals surface area contributed by atoms with Crippen molar-refractivity contribution < 1.29 is 18.7 Å². The van der Waals surface area contributed by atoms with Crippen molar-refractivity contribution >= 4 is 27.9 Å². The number of nitrogens with zero attached hydrogens (tertiary/aromatic N) is 2. The molecule has 0 aliphatic heterocycles. The topological polar surface area (TPSA) is 108 Å². The Bertz CT molecular complexity index is 1220. The van der Waals surface area contributed by atoms with Gasteiger partial charge in [0.25, 0.3) is 5.91 Å². The number of methoxy groups -OCH3 is 1. The second-order valence-corrected chi connectivity index (χ2v) is 7.37. The van der Waals surface area contributed by atoms with Gasteiger partial charge in [0, 0.05) is 10.0 Å². The number of benzene rings is 2. The van der Waals surface area contributed by atoms with E-state index in [1.807, 2.05) is 18.2 Å². The Kier molecular flexibility index (Phi) is 7.69. The normalized spacial score (nSPS) is 10.7. The Hall–Kier alpha value is -4.01. The maximum atomic E-state index is 12.4. The van der Waals surface area contributed by atoms with Crippen LogP contribution in [-0.4, -0.2) is 13.0 Å². The van der Waals surface area contributed by atoms with Crippen molar-refractivity contribution in [1.82, 2.24) is 5.32 Å². The van der Waals surface area contributed by atoms with Crippen LogP contribution in [0.5, 0.6) is 11.5 Å². The maximum Gasteiger partial charge on any atom is 0.262 e. The van der Waals surface area contributed by atoms with Crippen LogP contribution in [0.3, 0.4) is 0 Å². The van der Waals surface area contributed by atoms with Crippen molar-refractivity contribution in [3.05, 3.63) is 87.3 Å². The fraction of sp³-hybridized carbons (Fsp3) is 0.125. The highest BCUT2D eigenvalue weighted by Gasteiger charge is 2.14. The Labute approximate surface area is 193 Å². The fourth-order valence-electron chi connectivity index (χ4n) is 2.82. The van der Waals surface area contributed by atoms with Gasteiger partial charge in [-0.1, -0.05) is 34.1 Å². The lowest BCUT2D eigenvalue weighted by Crippen LogP contribution is -2.23. The highest BCUT2D eigenvalue weighted by molar-refractivity contribution is 9.10. The molecule has 0 saturated carbocycles. The first-order chi connectivity index (χ1) is 15.5. The predicted molar refractivity (Wildman–Crippen MR) is 120 cm³/mol. The zero-order valence-electron chi connectivity index (χ0n) is 17.1. The number of halogens is 1. The summed E-state index contributed by atoms with van der Waals surface area (Å²) in [5, 5.41) is 21.3. The van der Waals surface area contributed by atoms with Crippen molar-refractivity contribution in [3.63, 3.8) is 0 Å². The summed E-state index contributed by atoms with van der Waals surface area (Å²) in [6.45, 7) is 0.354. The molecule has 0 aliphatic rings. The van der Waals surface area contributed by atoms with E-state index in [0.717, 1.165) is 5.56 Å². The SMILES string of the molecule is COc1cc(/C=C(\C#N)C(=O)NCc2ccco2)c(Br)cc1OCc1ccccc1C#N. The standard InChI is InChI=1S/C24H18BrN3O4/c1-30-22-10-18(9-19(13-27)24(29)28-14-20-7-4-8-31-20)21(25)11-23(22)32-15-17-6-3-2-5-16(17)12-26/h2-11H,14-15H2,1H3,(H,28,29)/b19-9+. The number of carbonyl (C=O) groups excluding carboxylic acids is 1. The van der Waals surface area contributed by atoms with Gasteiger partial charge in [-0.25, -0.2) is 0 Å². The molecule has 8 heteroatoms. The minimum Gasteiger partial charge on any atom is -0.493 e. The summed E-state index contributed by atoms with van der Waals surface area (Å²) >= 11 is 3.45. The Morgan fingerprint density at radius 1 is 1.19 bits per heavy atom. The first kappa shape index (κ1) is 22.7. The molecule has 3 rings (SSSR count). The maximum absolute atomic E-state index is 12.4. The molecule has 0 atom stereocenters. The van der Waals surface area contributed by atoms with Gasteiger partial charge >= 0.3 is 0 Å². The number of carbonyl (C=O) groups is 1. The van der Waals surface area contributed by atoms with E-state index in [1.165, 1.54) is 19.4 Å². The van der Waals surface area contributed by atoms with E-state index in [-0.39, 0.29) is 18.7 Å². The monoisotopic (exact) mass is 491 g/mol. The summed E-state index contributed by atoms with van der Waals surface area (Å²) < 4.78 is 17.1. The molecule has 0 saturated heterocycles. The molecule has 3 aromatic rings. The second-order valence-electron chi connectivity index (χ2n) is 6.51. The van der Waals surface area contributed by atoms with Gasteiger partial charge in [0.1, 0.15) is 24.0 Å². The van der Waals surface area contributed by atoms with E-state index in [2.05, 4.69) is 27.3 Å². The molecule has 0 spiro atoms. The quantitative estimate of drug-likeness (QED) is 0.360. The molecule has 7 nitrogen and oxygen atoms in total. The Morgan fingerprint density at radius 3 is 2.69 bits per heavy atom. The summed E-state index contributed by atoms with van der Waals surface area (Å²) in [6.07, 6.45) is 2.97. The van der Waals surface area contributed by atoms with Crippen LogP contribution in [0, 0.1) is 22.7 Å². The second kappa shape index (κ2) is 10.9. The number of furan rings is 1. The minimum absolute atomic E-state index is 0.0732. The molecular formula is C24H18BrN3O4. The molecule has 160 valence electrons. The zero-order valence-corrected chi connectivity index (χ0v) is 18.7. The van der Waals surface area contributed by atoms with E-state index >= 15 is 0 Å². The molecule has 1 aromatic heterocycles. The molecule has 32 heavy (non-hydrogen) atoms. The first-order valence-electron chi connectivity index (χ1n) is 9.46. The van der Waals surface area contributed by atoms with Crippen molar-refractivity contribution in [2.75, 3.05) is 7.11 Å². The van der Waals surface area contributed by atoms with Crippen molar-refractivity contribution in [1.29, 1.82) is 10.5 Å². The Balaban J connectivity index is 1.79. The van der Waals surface area contributed by atoms with Crippen LogP contribution < -0.4 is 14.8 Å². The number of amides is 1. The van der Waals surface area contributed by atoms with Gasteiger partial charge in [0.05, 0.1) is 31.6 Å². The summed E-state index contributed by atoms with van der Waals surface area (Å²) in [4.78, 5) is 12.4. The van der Waals surface area contributed by atoms with Crippen LogP contribution in [0.1, 0.15) is 22.5 Å². The van der Waals surface area contributed by atoms with Gasteiger partial charge in [-0.05, 0) is 42.0 Å². The number of rotatable bonds is 8. The number of hydrogen-bond acceptors (Lipinski definition) is 6. The smallest absolute Gasteiger partial charge is 0.262 e. The van der Waals surface area contributed by atoms with Gasteiger partial charge in [0.2, 0.25) is 0 Å². The number of nitrogens with one attached hydrogen (secondary N) is 1. The molecule has 1 N–H and O–H groups in total. The third kappa shape index (κ3) is 5.57. The average molecular weight is 492 g/mol. The third-order valence-corrected chi connectivity index (χ3v) is 5.16. The number of ether oxygens (including phenoxy) is 2. The van der Waals surface area contributed by atoms with Gasteiger partial charge in [-0.3, -0.25) is 4.79 Å². The first-order valence-corrected chi connectivity index (χ1v) is 10.3. The van der Waals surface area contributed by atoms with Crippen LogP contribution in [0.15, 0.2) is 69.3 Å². The highest BCUT2D eigenvalue weighted by Crippen LogP contribution is 2.35. The van der Waals surface area contributed by atoms with Gasteiger partial charge < -0.3 is 19.2 Å². The van der Waals surface area contributed by atoms with Crippen molar-refractivity contribution in [3.8, 4) is 23.6 Å². The number of hydrogen-bond donors (Lipinski definition) is 1. The molecule has 1 heterocycles. The van der Waals surface area contributed by atoms with Gasteiger partial charge in [-0.2, -0.15) is 10.5 Å². The van der Waals surface area contributed by atoms with Crippen LogP contribution in [-0.2, 0) is 17.9 Å². The third-order valence-electron chi connectivity index (χ3n) is 4.47. The van der Waals surface area contributed by atoms with Crippen LogP contribution >= 0.6 is 15.9 Å². The van der Waals surface area contributed by atoms with E-state index in [0.29, 0.717) is 32.9 Å². The Morgan fingerprint density at radius 2 is 2.00 bits per heavy atom. The van der Waals surface area contributed by atoms with Crippen LogP contribution in [0.25, 0.3) is 6.08 Å². The van der Waals surface area contributed by atoms with Gasteiger partial charge in [-0.15, -0.1) is 0 Å².